The Morgan fingerprint density at radius 2 is 1.33 bits per heavy atom. The molecule has 0 saturated heterocycles. The molecule has 0 fully saturated rings. The Hall–Kier alpha value is 0.540. The molecule has 6 heavy (non-hydrogen) atoms. The predicted octanol–water partition coefficient (Wildman–Crippen LogP) is -0.876. The maximum absolute atomic E-state index is 4.89. The van der Waals surface area contributed by atoms with Crippen molar-refractivity contribution < 1.29 is 0 Å². The van der Waals surface area contributed by atoms with Crippen LogP contribution in [0, 0.1) is 0 Å². The molecular formula is H6N4S2. The Bertz CT molecular complexity index is 17.5. The van der Waals surface area contributed by atoms with Crippen LogP contribution < -0.4 is 19.9 Å². The van der Waals surface area contributed by atoms with Crippen molar-refractivity contribution in [3.63, 3.8) is 0 Å². The van der Waals surface area contributed by atoms with Crippen LogP contribution in [0.5, 0.6) is 0 Å². The Labute approximate surface area is 44.9 Å². The maximum atomic E-state index is 4.89. The molecule has 0 atom stereocenters. The minimum absolute atomic E-state index is 0.964. The molecule has 0 aliphatic heterocycles. The summed E-state index contributed by atoms with van der Waals surface area (Å²) in [5.41, 5.74) is 0. The fraction of sp³-hybridized carbons (Fsp3) is 0. The van der Waals surface area contributed by atoms with Crippen LogP contribution in [0.25, 0.3) is 0 Å². The summed E-state index contributed by atoms with van der Waals surface area (Å²) in [5.74, 6) is 0. The summed E-state index contributed by atoms with van der Waals surface area (Å²) in [4.78, 5) is 4.96. The van der Waals surface area contributed by atoms with Crippen molar-refractivity contribution >= 4 is 24.3 Å². The Morgan fingerprint density at radius 1 is 1.00 bits per heavy atom. The molecule has 0 rings (SSSR count). The van der Waals surface area contributed by atoms with Crippen LogP contribution in [-0.2, 0) is 0 Å². The summed E-state index contributed by atoms with van der Waals surface area (Å²) in [6.45, 7) is 0. The lowest BCUT2D eigenvalue weighted by atomic mass is 13.0. The lowest BCUT2D eigenvalue weighted by Crippen LogP contribution is -2.21. The normalized spacial score (nSPS) is 9.00. The number of rotatable bonds is 3. The van der Waals surface area contributed by atoms with E-state index in [4.69, 9.17) is 10.3 Å². The molecule has 6 heteroatoms. The standard InChI is InChI=1S/H6N4S2/c1-5-3-4-6-2/h3-4H,1-2H2. The number of hydrazine groups is 1. The molecule has 0 aromatic rings. The first-order valence-corrected chi connectivity index (χ1v) is 2.89. The van der Waals surface area contributed by atoms with Gasteiger partial charge in [0.05, 0.1) is 0 Å². The number of hydrogen-bond acceptors (Lipinski definition) is 6. The fourth-order valence-corrected chi connectivity index (χ4v) is 0.433. The zero-order valence-corrected chi connectivity index (χ0v) is 4.60. The van der Waals surface area contributed by atoms with E-state index in [2.05, 4.69) is 9.66 Å². The maximum Gasteiger partial charge on any atom is 0.0162 e. The van der Waals surface area contributed by atoms with E-state index in [0.717, 1.165) is 24.3 Å². The summed E-state index contributed by atoms with van der Waals surface area (Å²) in [6, 6.07) is 0. The van der Waals surface area contributed by atoms with Crippen LogP contribution in [0.3, 0.4) is 0 Å². The molecule has 0 saturated carbocycles. The minimum Gasteiger partial charge on any atom is -0.263 e. The van der Waals surface area contributed by atoms with Crippen molar-refractivity contribution in [2.75, 3.05) is 0 Å². The first kappa shape index (κ1) is 6.54. The van der Waals surface area contributed by atoms with E-state index in [1.807, 2.05) is 0 Å². The molecule has 0 aliphatic carbocycles. The van der Waals surface area contributed by atoms with E-state index in [1.54, 1.807) is 0 Å². The fourth-order valence-electron chi connectivity index (χ4n) is 0.0481. The highest BCUT2D eigenvalue weighted by Gasteiger charge is 1.69. The molecule has 0 amide bonds. The molecule has 6 N–H and O–H groups in total. The van der Waals surface area contributed by atoms with Gasteiger partial charge in [-0.25, -0.2) is 0 Å². The van der Waals surface area contributed by atoms with E-state index in [9.17, 15) is 0 Å². The Balaban J connectivity index is 2.34. The molecule has 0 aromatic carbocycles. The molecular weight excluding hydrogens is 120 g/mol. The molecule has 0 spiro atoms. The molecule has 0 aliphatic rings. The summed E-state index contributed by atoms with van der Waals surface area (Å²) in [7, 11) is 0. The second-order valence-corrected chi connectivity index (χ2v) is 1.32. The highest BCUT2D eigenvalue weighted by Crippen LogP contribution is 1.72. The van der Waals surface area contributed by atoms with Crippen LogP contribution in [0.4, 0.5) is 0 Å². The minimum atomic E-state index is 0.964. The molecule has 0 heterocycles. The van der Waals surface area contributed by atoms with Crippen LogP contribution in [0.1, 0.15) is 0 Å². The van der Waals surface area contributed by atoms with Gasteiger partial charge in [-0.2, -0.15) is 9.66 Å². The largest absolute Gasteiger partial charge is 0.263 e. The third-order valence-electron chi connectivity index (χ3n) is 0.160. The SMILES string of the molecule is NSNNSN. The van der Waals surface area contributed by atoms with Gasteiger partial charge >= 0.3 is 0 Å². The van der Waals surface area contributed by atoms with Gasteiger partial charge in [0.15, 0.2) is 0 Å². The van der Waals surface area contributed by atoms with Crippen molar-refractivity contribution in [1.29, 1.82) is 0 Å². The third kappa shape index (κ3) is 4.54. The molecule has 0 bridgehead atoms. The monoisotopic (exact) mass is 126 g/mol. The average molecular weight is 126 g/mol. The third-order valence-corrected chi connectivity index (χ3v) is 0.729. The first-order chi connectivity index (χ1) is 2.91. The second-order valence-electron chi connectivity index (χ2n) is 0.440. The summed E-state index contributed by atoms with van der Waals surface area (Å²) >= 11 is 1.93. The van der Waals surface area contributed by atoms with Gasteiger partial charge in [0.2, 0.25) is 0 Å². The van der Waals surface area contributed by atoms with Crippen LogP contribution in [-0.4, -0.2) is 0 Å². The quantitative estimate of drug-likeness (QED) is 0.224. The first-order valence-electron chi connectivity index (χ1n) is 1.13. The molecule has 4 nitrogen and oxygen atoms in total. The van der Waals surface area contributed by atoms with Crippen molar-refractivity contribution in [2.45, 2.75) is 0 Å². The van der Waals surface area contributed by atoms with Gasteiger partial charge in [0.25, 0.3) is 0 Å². The average Bonchev–Trinajstić information content (AvgIpc) is 1.61. The van der Waals surface area contributed by atoms with Gasteiger partial charge in [-0.05, 0) is 0 Å². The highest BCUT2D eigenvalue weighted by molar-refractivity contribution is 7.98. The number of nitrogens with one attached hydrogen (secondary N) is 2. The number of hydrogen-bond donors (Lipinski definition) is 4. The van der Waals surface area contributed by atoms with Gasteiger partial charge in [0.1, 0.15) is 0 Å². The van der Waals surface area contributed by atoms with Crippen molar-refractivity contribution in [2.24, 2.45) is 10.3 Å². The van der Waals surface area contributed by atoms with E-state index in [0.29, 0.717) is 0 Å². The van der Waals surface area contributed by atoms with Crippen molar-refractivity contribution in [1.82, 2.24) is 9.66 Å². The van der Waals surface area contributed by atoms with E-state index in [-0.39, 0.29) is 0 Å². The second kappa shape index (κ2) is 5.54. The van der Waals surface area contributed by atoms with Crippen molar-refractivity contribution in [3.05, 3.63) is 0 Å². The predicted molar refractivity (Wildman–Crippen MR) is 29.8 cm³/mol. The Kier molecular flexibility index (Phi) is 6.04. The van der Waals surface area contributed by atoms with Gasteiger partial charge in [0, 0.05) is 24.3 Å². The van der Waals surface area contributed by atoms with Gasteiger partial charge in [-0.3, -0.25) is 10.3 Å². The zero-order chi connectivity index (χ0) is 4.83. The van der Waals surface area contributed by atoms with Gasteiger partial charge in [-0.1, -0.05) is 0 Å². The van der Waals surface area contributed by atoms with Crippen LogP contribution in [0.2, 0.25) is 0 Å². The lowest BCUT2D eigenvalue weighted by Gasteiger charge is -1.92. The smallest absolute Gasteiger partial charge is 0.0162 e. The summed E-state index contributed by atoms with van der Waals surface area (Å²) in [5, 5.41) is 9.78. The lowest BCUT2D eigenvalue weighted by molar-refractivity contribution is 1.00. The van der Waals surface area contributed by atoms with E-state index in [1.165, 1.54) is 0 Å². The summed E-state index contributed by atoms with van der Waals surface area (Å²) in [6.07, 6.45) is 0. The van der Waals surface area contributed by atoms with Crippen molar-refractivity contribution in [3.8, 4) is 0 Å². The van der Waals surface area contributed by atoms with E-state index < -0.39 is 0 Å². The van der Waals surface area contributed by atoms with Gasteiger partial charge < -0.3 is 0 Å². The Morgan fingerprint density at radius 3 is 1.50 bits per heavy atom. The molecule has 0 unspecified atom stereocenters. The van der Waals surface area contributed by atoms with Crippen LogP contribution >= 0.6 is 24.3 Å². The zero-order valence-electron chi connectivity index (χ0n) is 2.97. The van der Waals surface area contributed by atoms with Gasteiger partial charge in [-0.15, -0.1) is 0 Å². The molecule has 0 radical (unpaired) electrons. The van der Waals surface area contributed by atoms with Crippen LogP contribution in [0.15, 0.2) is 0 Å². The number of nitrogens with two attached hydrogens (primary N) is 2. The topological polar surface area (TPSA) is 76.1 Å². The summed E-state index contributed by atoms with van der Waals surface area (Å²) < 4.78 is 0. The van der Waals surface area contributed by atoms with E-state index >= 15 is 0 Å². The highest BCUT2D eigenvalue weighted by atomic mass is 32.2. The molecule has 38 valence electrons. The molecule has 0 aromatic heterocycles.